The number of para-hydroxylation sites is 1. The number of amides is 1. The number of nitrogens with zero attached hydrogens (tertiary/aromatic N) is 1. The Morgan fingerprint density at radius 3 is 2.44 bits per heavy atom. The zero-order valence-electron chi connectivity index (χ0n) is 15.5. The van der Waals surface area contributed by atoms with Crippen molar-refractivity contribution in [1.29, 1.82) is 0 Å². The van der Waals surface area contributed by atoms with E-state index in [0.717, 1.165) is 29.3 Å². The summed E-state index contributed by atoms with van der Waals surface area (Å²) in [7, 11) is 0. The van der Waals surface area contributed by atoms with Gasteiger partial charge in [0.15, 0.2) is 0 Å². The molecule has 3 rings (SSSR count). The number of likely N-dealkylation sites (tertiary alicyclic amines) is 1. The van der Waals surface area contributed by atoms with Crippen LogP contribution in [0.3, 0.4) is 0 Å². The maximum Gasteiger partial charge on any atom is 0.255 e. The fourth-order valence-corrected chi connectivity index (χ4v) is 3.65. The summed E-state index contributed by atoms with van der Waals surface area (Å²) in [6, 6.07) is 14.1. The average Bonchev–Trinajstić information content (AvgIpc) is 2.59. The molecule has 2 aromatic carbocycles. The lowest BCUT2D eigenvalue weighted by Crippen LogP contribution is -2.33. The second-order valence-corrected chi connectivity index (χ2v) is 7.40. The number of carbonyl (C=O) groups is 1. The van der Waals surface area contributed by atoms with E-state index >= 15 is 0 Å². The molecule has 1 heterocycles. The molecule has 2 aromatic rings. The Morgan fingerprint density at radius 1 is 1.12 bits per heavy atom. The van der Waals surface area contributed by atoms with Crippen LogP contribution in [0.5, 0.6) is 0 Å². The summed E-state index contributed by atoms with van der Waals surface area (Å²) in [5.74, 6) is 0.742. The molecule has 1 unspecified atom stereocenters. The van der Waals surface area contributed by atoms with Gasteiger partial charge in [0.05, 0.1) is 0 Å². The van der Waals surface area contributed by atoms with Crippen LogP contribution in [0.25, 0.3) is 0 Å². The second-order valence-electron chi connectivity index (χ2n) is 7.40. The first kappa shape index (κ1) is 17.7. The maximum atomic E-state index is 12.5. The van der Waals surface area contributed by atoms with Crippen LogP contribution in [-0.4, -0.2) is 23.9 Å². The van der Waals surface area contributed by atoms with Crippen molar-refractivity contribution in [3.63, 3.8) is 0 Å². The van der Waals surface area contributed by atoms with Crippen LogP contribution < -0.4 is 5.32 Å². The molecule has 1 aliphatic heterocycles. The van der Waals surface area contributed by atoms with Crippen molar-refractivity contribution < 1.29 is 4.79 Å². The van der Waals surface area contributed by atoms with Crippen LogP contribution in [-0.2, 0) is 6.54 Å². The third kappa shape index (κ3) is 4.49. The molecule has 3 nitrogen and oxygen atoms in total. The average molecular weight is 336 g/mol. The van der Waals surface area contributed by atoms with E-state index < -0.39 is 0 Å². The molecule has 1 aliphatic rings. The molecule has 1 atom stereocenters. The SMILES string of the molecule is Cc1cccc(C)c1NC(=O)c1ccc(CN2CCCC(C)C2)cc1. The maximum absolute atomic E-state index is 12.5. The first-order valence-corrected chi connectivity index (χ1v) is 9.22. The van der Waals surface area contributed by atoms with Gasteiger partial charge in [-0.25, -0.2) is 0 Å². The van der Waals surface area contributed by atoms with Crippen LogP contribution in [0.2, 0.25) is 0 Å². The zero-order valence-corrected chi connectivity index (χ0v) is 15.5. The molecule has 1 saturated heterocycles. The van der Waals surface area contributed by atoms with Crippen molar-refractivity contribution >= 4 is 11.6 Å². The van der Waals surface area contributed by atoms with Crippen LogP contribution in [0.1, 0.15) is 46.8 Å². The van der Waals surface area contributed by atoms with Gasteiger partial charge in [-0.3, -0.25) is 9.69 Å². The Morgan fingerprint density at radius 2 is 1.80 bits per heavy atom. The van der Waals surface area contributed by atoms with Crippen molar-refractivity contribution in [2.24, 2.45) is 5.92 Å². The molecule has 0 spiro atoms. The van der Waals surface area contributed by atoms with Gasteiger partial charge >= 0.3 is 0 Å². The first-order chi connectivity index (χ1) is 12.0. The standard InChI is InChI=1S/C22H28N2O/c1-16-6-5-13-24(14-16)15-19-9-11-20(12-10-19)22(25)23-21-17(2)7-4-8-18(21)3/h4,7-12,16H,5-6,13-15H2,1-3H3,(H,23,25). The number of rotatable bonds is 4. The first-order valence-electron chi connectivity index (χ1n) is 9.22. The zero-order chi connectivity index (χ0) is 17.8. The van der Waals surface area contributed by atoms with Crippen molar-refractivity contribution in [3.05, 3.63) is 64.7 Å². The minimum Gasteiger partial charge on any atom is -0.322 e. The Labute approximate surface area is 151 Å². The van der Waals surface area contributed by atoms with E-state index in [2.05, 4.69) is 29.3 Å². The third-order valence-electron chi connectivity index (χ3n) is 5.08. The fourth-order valence-electron chi connectivity index (χ4n) is 3.65. The largest absolute Gasteiger partial charge is 0.322 e. The number of hydrogen-bond donors (Lipinski definition) is 1. The summed E-state index contributed by atoms with van der Waals surface area (Å²) in [6.45, 7) is 9.70. The molecule has 25 heavy (non-hydrogen) atoms. The predicted molar refractivity (Wildman–Crippen MR) is 104 cm³/mol. The van der Waals surface area contributed by atoms with Gasteiger partial charge in [-0.1, -0.05) is 37.3 Å². The van der Waals surface area contributed by atoms with Crippen LogP contribution in [0, 0.1) is 19.8 Å². The molecule has 1 N–H and O–H groups in total. The molecule has 0 aromatic heterocycles. The molecular weight excluding hydrogens is 308 g/mol. The summed E-state index contributed by atoms with van der Waals surface area (Å²) < 4.78 is 0. The summed E-state index contributed by atoms with van der Waals surface area (Å²) in [4.78, 5) is 15.1. The number of hydrogen-bond acceptors (Lipinski definition) is 2. The fraction of sp³-hybridized carbons (Fsp3) is 0.409. The lowest BCUT2D eigenvalue weighted by atomic mass is 9.99. The van der Waals surface area contributed by atoms with Gasteiger partial charge in [0.25, 0.3) is 5.91 Å². The molecule has 3 heteroatoms. The van der Waals surface area contributed by atoms with E-state index in [4.69, 9.17) is 0 Å². The van der Waals surface area contributed by atoms with E-state index in [1.165, 1.54) is 31.5 Å². The number of anilines is 1. The highest BCUT2D eigenvalue weighted by atomic mass is 16.1. The minimum absolute atomic E-state index is 0.0458. The molecular formula is C22H28N2O. The molecule has 0 aliphatic carbocycles. The number of benzene rings is 2. The van der Waals surface area contributed by atoms with Crippen LogP contribution >= 0.6 is 0 Å². The van der Waals surface area contributed by atoms with Crippen molar-refractivity contribution in [2.75, 3.05) is 18.4 Å². The third-order valence-corrected chi connectivity index (χ3v) is 5.08. The number of carbonyl (C=O) groups excluding carboxylic acids is 1. The van der Waals surface area contributed by atoms with Gasteiger partial charge in [-0.05, 0) is 68.0 Å². The summed E-state index contributed by atoms with van der Waals surface area (Å²) in [5, 5.41) is 3.05. The Hall–Kier alpha value is -2.13. The molecule has 1 amide bonds. The molecule has 0 radical (unpaired) electrons. The summed E-state index contributed by atoms with van der Waals surface area (Å²) in [6.07, 6.45) is 2.63. The number of aryl methyl sites for hydroxylation is 2. The quantitative estimate of drug-likeness (QED) is 0.871. The number of piperidine rings is 1. The van der Waals surface area contributed by atoms with Gasteiger partial charge < -0.3 is 5.32 Å². The van der Waals surface area contributed by atoms with Gasteiger partial charge in [0.2, 0.25) is 0 Å². The molecule has 1 fully saturated rings. The highest BCUT2D eigenvalue weighted by Crippen LogP contribution is 2.21. The van der Waals surface area contributed by atoms with E-state index in [9.17, 15) is 4.79 Å². The van der Waals surface area contributed by atoms with E-state index in [-0.39, 0.29) is 5.91 Å². The van der Waals surface area contributed by atoms with Crippen LogP contribution in [0.15, 0.2) is 42.5 Å². The van der Waals surface area contributed by atoms with E-state index in [1.54, 1.807) is 0 Å². The van der Waals surface area contributed by atoms with Crippen molar-refractivity contribution in [1.82, 2.24) is 4.90 Å². The Balaban J connectivity index is 1.64. The Kier molecular flexibility index (Phi) is 5.54. The minimum atomic E-state index is -0.0458. The molecule has 0 saturated carbocycles. The van der Waals surface area contributed by atoms with E-state index in [0.29, 0.717) is 5.56 Å². The molecule has 0 bridgehead atoms. The van der Waals surface area contributed by atoms with Crippen molar-refractivity contribution in [3.8, 4) is 0 Å². The molecule has 132 valence electrons. The predicted octanol–water partition coefficient (Wildman–Crippen LogP) is 4.79. The highest BCUT2D eigenvalue weighted by Gasteiger charge is 2.16. The monoisotopic (exact) mass is 336 g/mol. The summed E-state index contributed by atoms with van der Waals surface area (Å²) in [5.41, 5.74) is 5.07. The van der Waals surface area contributed by atoms with Gasteiger partial charge in [-0.15, -0.1) is 0 Å². The van der Waals surface area contributed by atoms with Crippen molar-refractivity contribution in [2.45, 2.75) is 40.2 Å². The van der Waals surface area contributed by atoms with Crippen LogP contribution in [0.4, 0.5) is 5.69 Å². The normalized spacial score (nSPS) is 18.1. The van der Waals surface area contributed by atoms with Gasteiger partial charge in [0, 0.05) is 24.3 Å². The van der Waals surface area contributed by atoms with Gasteiger partial charge in [0.1, 0.15) is 0 Å². The Bertz CT molecular complexity index is 716. The van der Waals surface area contributed by atoms with Gasteiger partial charge in [-0.2, -0.15) is 0 Å². The highest BCUT2D eigenvalue weighted by molar-refractivity contribution is 6.05. The second kappa shape index (κ2) is 7.83. The topological polar surface area (TPSA) is 32.3 Å². The smallest absolute Gasteiger partial charge is 0.255 e. The number of nitrogens with one attached hydrogen (secondary N) is 1. The van der Waals surface area contributed by atoms with E-state index in [1.807, 2.05) is 44.2 Å². The lowest BCUT2D eigenvalue weighted by molar-refractivity contribution is 0.102. The lowest BCUT2D eigenvalue weighted by Gasteiger charge is -2.30. The summed E-state index contributed by atoms with van der Waals surface area (Å²) >= 11 is 0.